The first-order valence-corrected chi connectivity index (χ1v) is 8.60. The van der Waals surface area contributed by atoms with Gasteiger partial charge in [-0.3, -0.25) is 4.79 Å². The summed E-state index contributed by atoms with van der Waals surface area (Å²) < 4.78 is 5.40. The summed E-state index contributed by atoms with van der Waals surface area (Å²) in [6.45, 7) is 0.907. The number of methoxy groups -OCH3 is 1. The molecule has 0 atom stereocenters. The molecule has 1 fully saturated rings. The first kappa shape index (κ1) is 17.8. The van der Waals surface area contributed by atoms with E-state index in [9.17, 15) is 9.59 Å². The molecule has 6 nitrogen and oxygen atoms in total. The number of benzene rings is 2. The van der Waals surface area contributed by atoms with E-state index in [4.69, 9.17) is 9.84 Å². The second-order valence-electron chi connectivity index (χ2n) is 6.31. The fraction of sp³-hybridized carbons (Fsp3) is 0.300. The molecule has 1 aliphatic heterocycles. The number of aliphatic carboxylic acids is 1. The van der Waals surface area contributed by atoms with Crippen LogP contribution in [0.5, 0.6) is 5.75 Å². The molecule has 2 N–H and O–H groups in total. The summed E-state index contributed by atoms with van der Waals surface area (Å²) in [5.41, 5.74) is 2.59. The third-order valence-corrected chi connectivity index (χ3v) is 4.66. The Morgan fingerprint density at radius 3 is 2.54 bits per heavy atom. The van der Waals surface area contributed by atoms with Crippen molar-refractivity contribution in [3.05, 3.63) is 48.5 Å². The van der Waals surface area contributed by atoms with Crippen LogP contribution < -0.4 is 10.1 Å². The Bertz CT molecular complexity index is 798. The van der Waals surface area contributed by atoms with E-state index in [1.54, 1.807) is 12.0 Å². The van der Waals surface area contributed by atoms with Gasteiger partial charge in [0.15, 0.2) is 0 Å². The van der Waals surface area contributed by atoms with Crippen LogP contribution in [0.4, 0.5) is 10.5 Å². The van der Waals surface area contributed by atoms with Gasteiger partial charge in [-0.05, 0) is 36.6 Å². The molecule has 0 aliphatic carbocycles. The van der Waals surface area contributed by atoms with Crippen LogP contribution in [0.15, 0.2) is 48.5 Å². The fourth-order valence-corrected chi connectivity index (χ4v) is 3.18. The molecule has 2 aromatic rings. The van der Waals surface area contributed by atoms with Gasteiger partial charge < -0.3 is 20.1 Å². The third kappa shape index (κ3) is 3.96. The van der Waals surface area contributed by atoms with E-state index in [-0.39, 0.29) is 11.9 Å². The predicted octanol–water partition coefficient (Wildman–Crippen LogP) is 3.69. The molecule has 3 rings (SSSR count). The third-order valence-electron chi connectivity index (χ3n) is 4.66. The average molecular weight is 354 g/mol. The van der Waals surface area contributed by atoms with Gasteiger partial charge in [-0.1, -0.05) is 30.3 Å². The monoisotopic (exact) mass is 354 g/mol. The second-order valence-corrected chi connectivity index (χ2v) is 6.31. The van der Waals surface area contributed by atoms with Crippen LogP contribution in [-0.4, -0.2) is 42.2 Å². The Kier molecular flexibility index (Phi) is 5.41. The summed E-state index contributed by atoms with van der Waals surface area (Å²) in [5.74, 6) is -0.366. The maximum atomic E-state index is 12.5. The van der Waals surface area contributed by atoms with Crippen molar-refractivity contribution < 1.29 is 19.4 Å². The highest BCUT2D eigenvalue weighted by molar-refractivity contribution is 5.90. The highest BCUT2D eigenvalue weighted by Crippen LogP contribution is 2.31. The Hall–Kier alpha value is -3.02. The van der Waals surface area contributed by atoms with Crippen molar-refractivity contribution >= 4 is 17.7 Å². The quantitative estimate of drug-likeness (QED) is 0.878. The highest BCUT2D eigenvalue weighted by atomic mass is 16.5. The number of piperidine rings is 1. The fourth-order valence-electron chi connectivity index (χ4n) is 3.18. The number of para-hydroxylation sites is 1. The molecular formula is C20H22N2O4. The van der Waals surface area contributed by atoms with Crippen LogP contribution >= 0.6 is 0 Å². The van der Waals surface area contributed by atoms with Crippen molar-refractivity contribution in [1.82, 2.24) is 4.90 Å². The number of amides is 2. The maximum absolute atomic E-state index is 12.5. The van der Waals surface area contributed by atoms with Gasteiger partial charge in [0, 0.05) is 24.3 Å². The lowest BCUT2D eigenvalue weighted by Crippen LogP contribution is -2.42. The number of carboxylic acids is 1. The normalized spacial score (nSPS) is 14.7. The minimum atomic E-state index is -0.783. The van der Waals surface area contributed by atoms with Crippen LogP contribution in [0, 0.1) is 5.92 Å². The van der Waals surface area contributed by atoms with Crippen molar-refractivity contribution in [2.75, 3.05) is 25.5 Å². The molecule has 6 heteroatoms. The lowest BCUT2D eigenvalue weighted by molar-refractivity contribution is -0.143. The van der Waals surface area contributed by atoms with Gasteiger partial charge in [-0.2, -0.15) is 0 Å². The van der Waals surface area contributed by atoms with Crippen LogP contribution in [-0.2, 0) is 4.79 Å². The smallest absolute Gasteiger partial charge is 0.321 e. The lowest BCUT2D eigenvalue weighted by atomic mass is 9.97. The minimum absolute atomic E-state index is 0.203. The summed E-state index contributed by atoms with van der Waals surface area (Å²) >= 11 is 0. The Balaban J connectivity index is 1.69. The van der Waals surface area contributed by atoms with E-state index in [1.807, 2.05) is 48.5 Å². The molecule has 2 amide bonds. The average Bonchev–Trinajstić information content (AvgIpc) is 2.68. The van der Waals surface area contributed by atoms with Gasteiger partial charge in [0.05, 0.1) is 13.0 Å². The van der Waals surface area contributed by atoms with Gasteiger partial charge in [0.25, 0.3) is 0 Å². The topological polar surface area (TPSA) is 78.9 Å². The van der Waals surface area contributed by atoms with Gasteiger partial charge in [-0.15, -0.1) is 0 Å². The number of ether oxygens (including phenoxy) is 1. The van der Waals surface area contributed by atoms with E-state index in [0.29, 0.717) is 31.6 Å². The predicted molar refractivity (Wildman–Crippen MR) is 99.4 cm³/mol. The van der Waals surface area contributed by atoms with Crippen molar-refractivity contribution in [3.63, 3.8) is 0 Å². The van der Waals surface area contributed by atoms with E-state index in [2.05, 4.69) is 5.32 Å². The molecule has 0 aromatic heterocycles. The maximum Gasteiger partial charge on any atom is 0.321 e. The second kappa shape index (κ2) is 7.91. The number of nitrogens with zero attached hydrogens (tertiary/aromatic N) is 1. The summed E-state index contributed by atoms with van der Waals surface area (Å²) in [5, 5.41) is 12.0. The van der Waals surface area contributed by atoms with E-state index in [1.165, 1.54) is 0 Å². The number of urea groups is 1. The van der Waals surface area contributed by atoms with Crippen LogP contribution in [0.2, 0.25) is 0 Å². The van der Waals surface area contributed by atoms with Crippen molar-refractivity contribution in [2.24, 2.45) is 5.92 Å². The molecule has 1 saturated heterocycles. The molecule has 136 valence electrons. The number of carbonyl (C=O) groups excluding carboxylic acids is 1. The van der Waals surface area contributed by atoms with Crippen LogP contribution in [0.1, 0.15) is 12.8 Å². The molecule has 2 aromatic carbocycles. The Labute approximate surface area is 152 Å². The number of hydrogen-bond donors (Lipinski definition) is 2. The molecule has 0 saturated carbocycles. The highest BCUT2D eigenvalue weighted by Gasteiger charge is 2.27. The zero-order chi connectivity index (χ0) is 18.5. The van der Waals surface area contributed by atoms with E-state index < -0.39 is 5.97 Å². The molecule has 0 bridgehead atoms. The van der Waals surface area contributed by atoms with Gasteiger partial charge in [0.1, 0.15) is 5.75 Å². The molecule has 1 aliphatic rings. The van der Waals surface area contributed by atoms with Crippen LogP contribution in [0.25, 0.3) is 11.1 Å². The first-order valence-electron chi connectivity index (χ1n) is 8.60. The molecular weight excluding hydrogens is 332 g/mol. The zero-order valence-electron chi connectivity index (χ0n) is 14.6. The number of hydrogen-bond acceptors (Lipinski definition) is 3. The van der Waals surface area contributed by atoms with Crippen molar-refractivity contribution in [2.45, 2.75) is 12.8 Å². The molecule has 0 unspecified atom stereocenters. The summed E-state index contributed by atoms with van der Waals surface area (Å²) in [7, 11) is 1.63. The number of carbonyl (C=O) groups is 2. The number of carboxylic acid groups (broad SMARTS) is 1. The van der Waals surface area contributed by atoms with Crippen molar-refractivity contribution in [3.8, 4) is 16.9 Å². The molecule has 26 heavy (non-hydrogen) atoms. The molecule has 0 spiro atoms. The standard InChI is InChI=1S/C20H22N2O4/c1-26-18-8-3-2-7-17(18)15-5-4-6-16(13-15)21-20(25)22-11-9-14(10-12-22)19(23)24/h2-8,13-14H,9-12H2,1H3,(H,21,25)(H,23,24). The zero-order valence-corrected chi connectivity index (χ0v) is 14.6. The van der Waals surface area contributed by atoms with Gasteiger partial charge in [0.2, 0.25) is 0 Å². The van der Waals surface area contributed by atoms with E-state index in [0.717, 1.165) is 16.9 Å². The van der Waals surface area contributed by atoms with Crippen LogP contribution in [0.3, 0.4) is 0 Å². The summed E-state index contributed by atoms with van der Waals surface area (Å²) in [6.07, 6.45) is 0.980. The Morgan fingerprint density at radius 2 is 1.85 bits per heavy atom. The number of anilines is 1. The van der Waals surface area contributed by atoms with Crippen molar-refractivity contribution in [1.29, 1.82) is 0 Å². The number of nitrogens with one attached hydrogen (secondary N) is 1. The lowest BCUT2D eigenvalue weighted by Gasteiger charge is -2.30. The number of rotatable bonds is 4. The number of likely N-dealkylation sites (tertiary alicyclic amines) is 1. The minimum Gasteiger partial charge on any atom is -0.496 e. The molecule has 1 heterocycles. The van der Waals surface area contributed by atoms with Gasteiger partial charge in [-0.25, -0.2) is 4.79 Å². The van der Waals surface area contributed by atoms with E-state index >= 15 is 0 Å². The first-order chi connectivity index (χ1) is 12.6. The summed E-state index contributed by atoms with van der Waals surface area (Å²) in [6, 6.07) is 15.1. The largest absolute Gasteiger partial charge is 0.496 e. The molecule has 0 radical (unpaired) electrons. The SMILES string of the molecule is COc1ccccc1-c1cccc(NC(=O)N2CCC(C(=O)O)CC2)c1. The van der Waals surface area contributed by atoms with Gasteiger partial charge >= 0.3 is 12.0 Å². The Morgan fingerprint density at radius 1 is 1.12 bits per heavy atom. The summed E-state index contributed by atoms with van der Waals surface area (Å²) in [4.78, 5) is 25.1.